The van der Waals surface area contributed by atoms with Crippen LogP contribution in [0.15, 0.2) is 36.4 Å². The molecule has 0 N–H and O–H groups in total. The Hall–Kier alpha value is -2.07. The van der Waals surface area contributed by atoms with Crippen molar-refractivity contribution in [1.29, 1.82) is 0 Å². The van der Waals surface area contributed by atoms with Gasteiger partial charge in [0.2, 0.25) is 0 Å². The number of hydrogen-bond donors (Lipinski definition) is 0. The summed E-state index contributed by atoms with van der Waals surface area (Å²) in [5, 5.41) is 0. The highest BCUT2D eigenvalue weighted by atomic mass is 35.5. The van der Waals surface area contributed by atoms with Crippen molar-refractivity contribution < 1.29 is 9.13 Å². The molecule has 21 heavy (non-hydrogen) atoms. The molecule has 0 bridgehead atoms. The van der Waals surface area contributed by atoms with E-state index in [1.807, 2.05) is 25.1 Å². The summed E-state index contributed by atoms with van der Waals surface area (Å²) in [7, 11) is 1.59. The molecule has 0 aliphatic carbocycles. The van der Waals surface area contributed by atoms with Crippen molar-refractivity contribution in [3.63, 3.8) is 0 Å². The zero-order valence-corrected chi connectivity index (χ0v) is 12.5. The van der Waals surface area contributed by atoms with Crippen LogP contribution >= 0.6 is 11.6 Å². The number of nitrogens with zero attached hydrogens (tertiary/aromatic N) is 2. The molecule has 2 aromatic carbocycles. The van der Waals surface area contributed by atoms with Crippen LogP contribution in [0.2, 0.25) is 0 Å². The summed E-state index contributed by atoms with van der Waals surface area (Å²) in [4.78, 5) is 4.46. The summed E-state index contributed by atoms with van der Waals surface area (Å²) in [5.41, 5.74) is 2.94. The predicted octanol–water partition coefficient (Wildman–Crippen LogP) is 4.22. The highest BCUT2D eigenvalue weighted by Crippen LogP contribution is 2.28. The van der Waals surface area contributed by atoms with E-state index in [9.17, 15) is 4.39 Å². The van der Waals surface area contributed by atoms with E-state index in [4.69, 9.17) is 16.3 Å². The number of benzene rings is 2. The number of rotatable bonds is 3. The van der Waals surface area contributed by atoms with Gasteiger partial charge in [-0.15, -0.1) is 11.6 Å². The Morgan fingerprint density at radius 1 is 1.24 bits per heavy atom. The number of aromatic nitrogens is 2. The Morgan fingerprint density at radius 3 is 2.76 bits per heavy atom. The number of methoxy groups -OCH3 is 1. The van der Waals surface area contributed by atoms with E-state index in [0.717, 1.165) is 16.6 Å². The van der Waals surface area contributed by atoms with Crippen molar-refractivity contribution in [2.75, 3.05) is 7.11 Å². The zero-order valence-electron chi connectivity index (χ0n) is 11.7. The molecule has 1 heterocycles. The third kappa shape index (κ3) is 2.36. The summed E-state index contributed by atoms with van der Waals surface area (Å²) in [5.74, 6) is 1.18. The molecular weight excluding hydrogens is 291 g/mol. The normalized spacial score (nSPS) is 11.0. The van der Waals surface area contributed by atoms with E-state index in [1.165, 1.54) is 6.07 Å². The second-order valence-electron chi connectivity index (χ2n) is 4.81. The number of ether oxygens (including phenoxy) is 1. The van der Waals surface area contributed by atoms with Gasteiger partial charge in [0, 0.05) is 6.07 Å². The van der Waals surface area contributed by atoms with Crippen molar-refractivity contribution in [3.8, 4) is 11.4 Å². The maximum absolute atomic E-state index is 14.2. The number of hydrogen-bond acceptors (Lipinski definition) is 2. The van der Waals surface area contributed by atoms with Crippen LogP contribution in [0.4, 0.5) is 4.39 Å². The van der Waals surface area contributed by atoms with Gasteiger partial charge in [-0.05, 0) is 36.8 Å². The van der Waals surface area contributed by atoms with Gasteiger partial charge in [-0.2, -0.15) is 0 Å². The van der Waals surface area contributed by atoms with Crippen LogP contribution in [0.25, 0.3) is 16.7 Å². The maximum Gasteiger partial charge on any atom is 0.147 e. The lowest BCUT2D eigenvalue weighted by Gasteiger charge is -2.10. The van der Waals surface area contributed by atoms with Crippen LogP contribution in [0.3, 0.4) is 0 Å². The van der Waals surface area contributed by atoms with Gasteiger partial charge in [-0.1, -0.05) is 6.07 Å². The lowest BCUT2D eigenvalue weighted by Crippen LogP contribution is -2.02. The van der Waals surface area contributed by atoms with E-state index in [1.54, 1.807) is 23.8 Å². The van der Waals surface area contributed by atoms with Crippen molar-refractivity contribution in [2.24, 2.45) is 0 Å². The molecule has 3 aromatic rings. The molecular formula is C16H14ClFN2O. The van der Waals surface area contributed by atoms with E-state index < -0.39 is 0 Å². The van der Waals surface area contributed by atoms with Crippen molar-refractivity contribution >= 4 is 22.6 Å². The standard InChI is InChI=1S/C16H14ClFN2O/c1-10-3-5-12(18)14(7-10)20-15-8-11(21-2)4-6-13(15)19-16(20)9-17/h3-8H,9H2,1-2H3. The van der Waals surface area contributed by atoms with Crippen molar-refractivity contribution in [3.05, 3.63) is 53.6 Å². The van der Waals surface area contributed by atoms with Gasteiger partial charge >= 0.3 is 0 Å². The molecule has 108 valence electrons. The van der Waals surface area contributed by atoms with E-state index in [-0.39, 0.29) is 11.7 Å². The van der Waals surface area contributed by atoms with Crippen molar-refractivity contribution in [1.82, 2.24) is 9.55 Å². The topological polar surface area (TPSA) is 27.1 Å². The summed E-state index contributed by atoms with van der Waals surface area (Å²) in [6, 6.07) is 10.5. The van der Waals surface area contributed by atoms with Gasteiger partial charge in [0.15, 0.2) is 0 Å². The summed E-state index contributed by atoms with van der Waals surface area (Å²) in [6.07, 6.45) is 0. The average molecular weight is 305 g/mol. The molecule has 0 aliphatic rings. The third-order valence-electron chi connectivity index (χ3n) is 3.39. The lowest BCUT2D eigenvalue weighted by atomic mass is 10.2. The molecule has 0 saturated carbocycles. The molecule has 0 unspecified atom stereocenters. The van der Waals surface area contributed by atoms with Crippen LogP contribution in [0.1, 0.15) is 11.4 Å². The third-order valence-corrected chi connectivity index (χ3v) is 3.63. The quantitative estimate of drug-likeness (QED) is 0.677. The molecule has 0 spiro atoms. The molecule has 0 amide bonds. The fraction of sp³-hybridized carbons (Fsp3) is 0.188. The maximum atomic E-state index is 14.2. The lowest BCUT2D eigenvalue weighted by molar-refractivity contribution is 0.415. The van der Waals surface area contributed by atoms with Gasteiger partial charge in [-0.25, -0.2) is 9.37 Å². The molecule has 1 aromatic heterocycles. The first-order chi connectivity index (χ1) is 10.1. The van der Waals surface area contributed by atoms with Gasteiger partial charge in [0.05, 0.1) is 29.7 Å². The molecule has 0 atom stereocenters. The molecule has 0 saturated heterocycles. The Kier molecular flexibility index (Phi) is 3.55. The number of fused-ring (bicyclic) bond motifs is 1. The minimum absolute atomic E-state index is 0.199. The zero-order chi connectivity index (χ0) is 15.0. The summed E-state index contributed by atoms with van der Waals surface area (Å²) >= 11 is 5.98. The molecule has 0 aliphatic heterocycles. The smallest absolute Gasteiger partial charge is 0.147 e. The number of aryl methyl sites for hydroxylation is 1. The number of alkyl halides is 1. The second kappa shape index (κ2) is 5.37. The van der Waals surface area contributed by atoms with E-state index in [0.29, 0.717) is 17.3 Å². The van der Waals surface area contributed by atoms with Crippen molar-refractivity contribution in [2.45, 2.75) is 12.8 Å². The van der Waals surface area contributed by atoms with Crippen LogP contribution in [-0.2, 0) is 5.88 Å². The fourth-order valence-corrected chi connectivity index (χ4v) is 2.56. The SMILES string of the molecule is COc1ccc2nc(CCl)n(-c3cc(C)ccc3F)c2c1. The largest absolute Gasteiger partial charge is 0.497 e. The number of halogens is 2. The Labute approximate surface area is 126 Å². The van der Waals surface area contributed by atoms with Crippen LogP contribution in [0, 0.1) is 12.7 Å². The van der Waals surface area contributed by atoms with E-state index >= 15 is 0 Å². The van der Waals surface area contributed by atoms with Crippen LogP contribution < -0.4 is 4.74 Å². The van der Waals surface area contributed by atoms with Gasteiger partial charge in [0.1, 0.15) is 17.4 Å². The molecule has 3 nitrogen and oxygen atoms in total. The Bertz CT molecular complexity index is 813. The Morgan fingerprint density at radius 2 is 2.05 bits per heavy atom. The second-order valence-corrected chi connectivity index (χ2v) is 5.07. The first-order valence-corrected chi connectivity index (χ1v) is 7.05. The molecule has 0 fully saturated rings. The fourth-order valence-electron chi connectivity index (χ4n) is 2.38. The predicted molar refractivity (Wildman–Crippen MR) is 81.9 cm³/mol. The minimum Gasteiger partial charge on any atom is -0.497 e. The van der Waals surface area contributed by atoms with Crippen LogP contribution in [-0.4, -0.2) is 16.7 Å². The molecule has 5 heteroatoms. The van der Waals surface area contributed by atoms with Gasteiger partial charge in [0.25, 0.3) is 0 Å². The summed E-state index contributed by atoms with van der Waals surface area (Å²) < 4.78 is 21.2. The van der Waals surface area contributed by atoms with Gasteiger partial charge < -0.3 is 4.74 Å². The molecule has 3 rings (SSSR count). The first-order valence-electron chi connectivity index (χ1n) is 6.52. The average Bonchev–Trinajstić information content (AvgIpc) is 2.87. The minimum atomic E-state index is -0.311. The Balaban J connectivity index is 2.36. The van der Waals surface area contributed by atoms with E-state index in [2.05, 4.69) is 4.98 Å². The summed E-state index contributed by atoms with van der Waals surface area (Å²) in [6.45, 7) is 1.92. The van der Waals surface area contributed by atoms with Crippen LogP contribution in [0.5, 0.6) is 5.75 Å². The first kappa shape index (κ1) is 13.9. The highest BCUT2D eigenvalue weighted by Gasteiger charge is 2.15. The monoisotopic (exact) mass is 304 g/mol. The van der Waals surface area contributed by atoms with Gasteiger partial charge in [-0.3, -0.25) is 4.57 Å². The highest BCUT2D eigenvalue weighted by molar-refractivity contribution is 6.17. The molecule has 0 radical (unpaired) electrons. The number of imidazole rings is 1.